The Hall–Kier alpha value is -1.09. The molecule has 1 N–H and O–H groups in total. The lowest BCUT2D eigenvalue weighted by atomic mass is 9.69. The molecule has 2 aliphatic carbocycles. The van der Waals surface area contributed by atoms with Crippen LogP contribution in [0, 0.1) is 23.6 Å². The van der Waals surface area contributed by atoms with Crippen molar-refractivity contribution in [2.45, 2.75) is 31.6 Å². The van der Waals surface area contributed by atoms with Crippen LogP contribution in [0.15, 0.2) is 18.2 Å². The molecule has 0 amide bonds. The van der Waals surface area contributed by atoms with Crippen molar-refractivity contribution in [2.75, 3.05) is 20.6 Å². The lowest BCUT2D eigenvalue weighted by Crippen LogP contribution is -2.34. The molecule has 0 heterocycles. The van der Waals surface area contributed by atoms with Gasteiger partial charge in [-0.05, 0) is 74.7 Å². The normalized spacial score (nSPS) is 32.8. The second kappa shape index (κ2) is 5.36. The molecule has 3 heteroatoms. The smallest absolute Gasteiger partial charge is 0.127 e. The number of phenolic OH excluding ortho intramolecular Hbond substituents is 1. The van der Waals surface area contributed by atoms with Gasteiger partial charge in [0.2, 0.25) is 0 Å². The molecule has 0 spiro atoms. The number of hydrogen-bond acceptors (Lipinski definition) is 2. The van der Waals surface area contributed by atoms with Gasteiger partial charge in [-0.3, -0.25) is 0 Å². The molecule has 0 aromatic heterocycles. The van der Waals surface area contributed by atoms with Gasteiger partial charge < -0.3 is 10.0 Å². The summed E-state index contributed by atoms with van der Waals surface area (Å²) in [4.78, 5) is 2.25. The minimum Gasteiger partial charge on any atom is -0.508 e. The highest BCUT2D eigenvalue weighted by Crippen LogP contribution is 2.52. The first-order chi connectivity index (χ1) is 9.52. The summed E-state index contributed by atoms with van der Waals surface area (Å²) >= 11 is 0. The van der Waals surface area contributed by atoms with Crippen molar-refractivity contribution >= 4 is 0 Å². The van der Waals surface area contributed by atoms with Crippen LogP contribution in [-0.2, 0) is 0 Å². The summed E-state index contributed by atoms with van der Waals surface area (Å²) in [5, 5.41) is 9.69. The summed E-state index contributed by atoms with van der Waals surface area (Å²) in [6, 6.07) is 4.58. The van der Waals surface area contributed by atoms with Crippen molar-refractivity contribution in [3.63, 3.8) is 0 Å². The van der Waals surface area contributed by atoms with Gasteiger partial charge in [0.05, 0.1) is 0 Å². The molecule has 3 rings (SSSR count). The van der Waals surface area contributed by atoms with E-state index in [0.29, 0.717) is 11.8 Å². The van der Waals surface area contributed by atoms with E-state index < -0.39 is 0 Å². The summed E-state index contributed by atoms with van der Waals surface area (Å²) in [7, 11) is 4.22. The fraction of sp³-hybridized carbons (Fsp3) is 0.647. The maximum Gasteiger partial charge on any atom is 0.127 e. The lowest BCUT2D eigenvalue weighted by Gasteiger charge is -2.38. The van der Waals surface area contributed by atoms with Crippen molar-refractivity contribution in [1.82, 2.24) is 4.90 Å². The fourth-order valence-corrected chi connectivity index (χ4v) is 4.47. The maximum absolute atomic E-state index is 13.6. The Morgan fingerprint density at radius 3 is 2.70 bits per heavy atom. The van der Waals surface area contributed by atoms with E-state index in [-0.39, 0.29) is 11.6 Å². The van der Waals surface area contributed by atoms with Crippen molar-refractivity contribution in [1.29, 1.82) is 0 Å². The molecule has 2 bridgehead atoms. The highest BCUT2D eigenvalue weighted by molar-refractivity contribution is 5.32. The average Bonchev–Trinajstić information content (AvgIpc) is 2.74. The summed E-state index contributed by atoms with van der Waals surface area (Å²) in [5.74, 6) is 2.29. The molecule has 1 aromatic carbocycles. The summed E-state index contributed by atoms with van der Waals surface area (Å²) in [6.07, 6.45) is 5.14. The third-order valence-electron chi connectivity index (χ3n) is 5.20. The number of halogens is 1. The zero-order chi connectivity index (χ0) is 14.3. The minimum atomic E-state index is -0.318. The first-order valence-corrected chi connectivity index (χ1v) is 7.67. The summed E-state index contributed by atoms with van der Waals surface area (Å²) < 4.78 is 13.6. The Labute approximate surface area is 120 Å². The van der Waals surface area contributed by atoms with Crippen LogP contribution in [0.1, 0.15) is 37.2 Å². The van der Waals surface area contributed by atoms with E-state index in [0.717, 1.165) is 30.4 Å². The van der Waals surface area contributed by atoms with E-state index in [1.807, 2.05) is 0 Å². The van der Waals surface area contributed by atoms with Crippen LogP contribution < -0.4 is 0 Å². The standard InChI is InChI=1S/C17H24FNO/c1-19(2)10-17-12-4-3-11(5-12)6-16(17)13-7-14(18)9-15(20)8-13/h7-9,11-12,16-17,20H,3-6,10H2,1-2H3/t11-,12+,16+,17+/m1/s1. The first-order valence-electron chi connectivity index (χ1n) is 7.67. The first kappa shape index (κ1) is 13.9. The zero-order valence-corrected chi connectivity index (χ0v) is 12.3. The Morgan fingerprint density at radius 1 is 1.20 bits per heavy atom. The Balaban J connectivity index is 1.91. The van der Waals surface area contributed by atoms with Crippen LogP contribution in [0.4, 0.5) is 4.39 Å². The van der Waals surface area contributed by atoms with Gasteiger partial charge in [0.15, 0.2) is 0 Å². The molecule has 110 valence electrons. The van der Waals surface area contributed by atoms with Gasteiger partial charge in [-0.15, -0.1) is 0 Å². The van der Waals surface area contributed by atoms with Crippen LogP contribution in [0.2, 0.25) is 0 Å². The Bertz CT molecular complexity index is 468. The highest BCUT2D eigenvalue weighted by Gasteiger charge is 2.42. The molecule has 0 unspecified atom stereocenters. The third kappa shape index (κ3) is 2.69. The zero-order valence-electron chi connectivity index (χ0n) is 12.3. The van der Waals surface area contributed by atoms with Gasteiger partial charge in [-0.2, -0.15) is 0 Å². The quantitative estimate of drug-likeness (QED) is 0.912. The molecule has 0 radical (unpaired) electrons. The largest absolute Gasteiger partial charge is 0.508 e. The average molecular weight is 277 g/mol. The highest BCUT2D eigenvalue weighted by atomic mass is 19.1. The summed E-state index contributed by atoms with van der Waals surface area (Å²) in [5.41, 5.74) is 0.992. The van der Waals surface area contributed by atoms with Crippen molar-refractivity contribution in [3.05, 3.63) is 29.6 Å². The lowest BCUT2D eigenvalue weighted by molar-refractivity contribution is 0.164. The van der Waals surface area contributed by atoms with Gasteiger partial charge >= 0.3 is 0 Å². The Kier molecular flexibility index (Phi) is 3.72. The molecule has 2 nitrogen and oxygen atoms in total. The van der Waals surface area contributed by atoms with Gasteiger partial charge in [0.25, 0.3) is 0 Å². The fourth-order valence-electron chi connectivity index (χ4n) is 4.47. The van der Waals surface area contributed by atoms with E-state index >= 15 is 0 Å². The van der Waals surface area contributed by atoms with Crippen molar-refractivity contribution in [3.8, 4) is 5.75 Å². The topological polar surface area (TPSA) is 23.5 Å². The van der Waals surface area contributed by atoms with E-state index in [4.69, 9.17) is 0 Å². The molecule has 2 saturated carbocycles. The van der Waals surface area contributed by atoms with E-state index in [9.17, 15) is 9.50 Å². The van der Waals surface area contributed by atoms with Crippen LogP contribution in [-0.4, -0.2) is 30.6 Å². The van der Waals surface area contributed by atoms with Crippen LogP contribution >= 0.6 is 0 Å². The number of aromatic hydroxyl groups is 1. The van der Waals surface area contributed by atoms with Crippen molar-refractivity contribution in [2.24, 2.45) is 17.8 Å². The van der Waals surface area contributed by atoms with Gasteiger partial charge in [-0.25, -0.2) is 4.39 Å². The second-order valence-electron chi connectivity index (χ2n) is 6.95. The Morgan fingerprint density at radius 2 is 2.00 bits per heavy atom. The van der Waals surface area contributed by atoms with Crippen LogP contribution in [0.25, 0.3) is 0 Å². The molecule has 0 aliphatic heterocycles. The predicted molar refractivity (Wildman–Crippen MR) is 78.3 cm³/mol. The number of fused-ring (bicyclic) bond motifs is 2. The number of hydrogen-bond donors (Lipinski definition) is 1. The molecule has 0 saturated heterocycles. The third-order valence-corrected chi connectivity index (χ3v) is 5.20. The number of phenols is 1. The minimum absolute atomic E-state index is 0.0570. The SMILES string of the molecule is CN(C)C[C@H]1[C@H]2CC[C@H](C2)C[C@H]1c1cc(O)cc(F)c1. The molecule has 2 fully saturated rings. The number of rotatable bonds is 3. The van der Waals surface area contributed by atoms with Crippen LogP contribution in [0.5, 0.6) is 5.75 Å². The maximum atomic E-state index is 13.6. The summed E-state index contributed by atoms with van der Waals surface area (Å²) in [6.45, 7) is 1.05. The molecule has 1 aromatic rings. The number of nitrogens with zero attached hydrogens (tertiary/aromatic N) is 1. The monoisotopic (exact) mass is 277 g/mol. The molecule has 20 heavy (non-hydrogen) atoms. The van der Waals surface area contributed by atoms with E-state index in [2.05, 4.69) is 19.0 Å². The van der Waals surface area contributed by atoms with E-state index in [1.165, 1.54) is 25.3 Å². The molecule has 4 atom stereocenters. The van der Waals surface area contributed by atoms with Gasteiger partial charge in [0, 0.05) is 12.6 Å². The van der Waals surface area contributed by atoms with E-state index in [1.54, 1.807) is 12.1 Å². The molecule has 2 aliphatic rings. The van der Waals surface area contributed by atoms with Gasteiger partial charge in [0.1, 0.15) is 11.6 Å². The molecular formula is C17H24FNO. The molecular weight excluding hydrogens is 253 g/mol. The van der Waals surface area contributed by atoms with Gasteiger partial charge in [-0.1, -0.05) is 6.42 Å². The number of benzene rings is 1. The van der Waals surface area contributed by atoms with Crippen molar-refractivity contribution < 1.29 is 9.50 Å². The van der Waals surface area contributed by atoms with Crippen LogP contribution in [0.3, 0.4) is 0 Å². The second-order valence-corrected chi connectivity index (χ2v) is 6.95. The predicted octanol–water partition coefficient (Wildman–Crippen LogP) is 3.61.